The van der Waals surface area contributed by atoms with E-state index < -0.39 is 5.60 Å². The third-order valence-corrected chi connectivity index (χ3v) is 8.88. The number of anilines is 1. The molecule has 0 N–H and O–H groups in total. The number of fused-ring (bicyclic) bond motifs is 5. The normalized spacial score (nSPS) is 27.4. The van der Waals surface area contributed by atoms with Gasteiger partial charge in [0.2, 0.25) is 0 Å². The van der Waals surface area contributed by atoms with Crippen LogP contribution in [0.3, 0.4) is 0 Å². The maximum Gasteiger partial charge on any atom is 0.410 e. The molecule has 4 aliphatic rings. The number of aryl methyl sites for hydroxylation is 1. The molecular weight excluding hydrogens is 552 g/mol. The minimum Gasteiger partial charge on any atom is -0.463 e. The van der Waals surface area contributed by atoms with Crippen LogP contribution in [0.2, 0.25) is 0 Å². The second kappa shape index (κ2) is 10.1. The maximum atomic E-state index is 13.0. The van der Waals surface area contributed by atoms with Crippen LogP contribution in [-0.4, -0.2) is 99.7 Å². The summed E-state index contributed by atoms with van der Waals surface area (Å²) in [5, 5.41) is 0. The second-order valence-electron chi connectivity index (χ2n) is 12.2. The van der Waals surface area contributed by atoms with E-state index in [-0.39, 0.29) is 18.2 Å². The first-order chi connectivity index (χ1) is 18.2. The van der Waals surface area contributed by atoms with Crippen molar-refractivity contribution in [2.24, 2.45) is 7.05 Å². The van der Waals surface area contributed by atoms with Crippen LogP contribution in [0.25, 0.3) is 11.0 Å². The van der Waals surface area contributed by atoms with Crippen LogP contribution in [0.15, 0.2) is 10.7 Å². The number of nitrogens with zero attached hydrogens (tertiary/aromatic N) is 6. The van der Waals surface area contributed by atoms with Crippen molar-refractivity contribution in [3.8, 4) is 6.01 Å². The van der Waals surface area contributed by atoms with Crippen LogP contribution in [-0.2, 0) is 16.5 Å². The highest BCUT2D eigenvalue weighted by Crippen LogP contribution is 2.38. The van der Waals surface area contributed by atoms with Crippen LogP contribution >= 0.6 is 15.9 Å². The Kier molecular flexibility index (Phi) is 6.97. The molecule has 11 heteroatoms. The van der Waals surface area contributed by atoms with Gasteiger partial charge in [0.15, 0.2) is 5.82 Å². The first-order valence-electron chi connectivity index (χ1n) is 13.9. The smallest absolute Gasteiger partial charge is 0.410 e. The molecule has 2 aromatic rings. The molecule has 6 heterocycles. The number of halogens is 1. The van der Waals surface area contributed by atoms with Crippen LogP contribution in [0.4, 0.5) is 10.6 Å². The van der Waals surface area contributed by atoms with Crippen molar-refractivity contribution in [2.75, 3.05) is 44.4 Å². The summed E-state index contributed by atoms with van der Waals surface area (Å²) < 4.78 is 20.6. The summed E-state index contributed by atoms with van der Waals surface area (Å²) in [6, 6.07) is 1.73. The van der Waals surface area contributed by atoms with Crippen molar-refractivity contribution >= 4 is 38.9 Å². The Morgan fingerprint density at radius 2 is 1.74 bits per heavy atom. The van der Waals surface area contributed by atoms with Gasteiger partial charge in [-0.1, -0.05) is 0 Å². The van der Waals surface area contributed by atoms with Crippen LogP contribution in [0.5, 0.6) is 6.01 Å². The predicted molar refractivity (Wildman–Crippen MR) is 148 cm³/mol. The summed E-state index contributed by atoms with van der Waals surface area (Å²) in [5.74, 6) is 0.866. The van der Waals surface area contributed by atoms with Gasteiger partial charge < -0.3 is 23.7 Å². The largest absolute Gasteiger partial charge is 0.463 e. The predicted octanol–water partition coefficient (Wildman–Crippen LogP) is 3.95. The summed E-state index contributed by atoms with van der Waals surface area (Å²) in [6.45, 7) is 10.5. The number of rotatable bonds is 6. The van der Waals surface area contributed by atoms with Gasteiger partial charge in [0, 0.05) is 45.0 Å². The average Bonchev–Trinajstić information content (AvgIpc) is 3.38. The van der Waals surface area contributed by atoms with Crippen molar-refractivity contribution in [3.05, 3.63) is 10.7 Å². The van der Waals surface area contributed by atoms with Crippen molar-refractivity contribution in [1.29, 1.82) is 0 Å². The molecule has 0 spiro atoms. The fraction of sp³-hybridized carbons (Fsp3) is 0.741. The molecule has 4 fully saturated rings. The molecule has 1 amide bonds. The van der Waals surface area contributed by atoms with Gasteiger partial charge in [0.25, 0.3) is 0 Å². The lowest BCUT2D eigenvalue weighted by Gasteiger charge is -2.42. The number of carbonyl (C=O) groups is 1. The van der Waals surface area contributed by atoms with Crippen molar-refractivity contribution in [3.63, 3.8) is 0 Å². The van der Waals surface area contributed by atoms with Gasteiger partial charge in [-0.3, -0.25) is 9.80 Å². The fourth-order valence-electron chi connectivity index (χ4n) is 6.67. The van der Waals surface area contributed by atoms with Gasteiger partial charge in [-0.25, -0.2) is 4.79 Å². The Morgan fingerprint density at radius 3 is 2.39 bits per heavy atom. The van der Waals surface area contributed by atoms with Gasteiger partial charge in [0.05, 0.1) is 36.4 Å². The zero-order chi connectivity index (χ0) is 26.6. The first kappa shape index (κ1) is 26.1. The monoisotopic (exact) mass is 590 g/mol. The van der Waals surface area contributed by atoms with Crippen LogP contribution in [0.1, 0.15) is 52.9 Å². The standard InChI is InChI=1S/C27H39BrN6O4/c1-27(2,3)38-26(35)34-17-6-7-18(34)13-32(12-17)24-23-22(21(28)14-31(23)4)29-25(30-24)37-11-5-10-33-19-8-9-20(33)16-36-15-19/h14,17-20H,5-13,15-16H2,1-4H3. The molecule has 4 aliphatic heterocycles. The Morgan fingerprint density at radius 1 is 1.08 bits per heavy atom. The second-order valence-corrected chi connectivity index (χ2v) is 13.0. The Hall–Kier alpha value is -2.11. The minimum absolute atomic E-state index is 0.102. The number of hydrogen-bond acceptors (Lipinski definition) is 8. The van der Waals surface area contributed by atoms with Gasteiger partial charge in [-0.05, 0) is 68.8 Å². The highest BCUT2D eigenvalue weighted by atomic mass is 79.9. The van der Waals surface area contributed by atoms with Gasteiger partial charge in [-0.2, -0.15) is 9.97 Å². The summed E-state index contributed by atoms with van der Waals surface area (Å²) >= 11 is 3.68. The molecule has 0 radical (unpaired) electrons. The lowest BCUT2D eigenvalue weighted by Crippen LogP contribution is -2.57. The van der Waals surface area contributed by atoms with E-state index in [0.717, 1.165) is 60.3 Å². The summed E-state index contributed by atoms with van der Waals surface area (Å²) in [6.07, 6.45) is 7.15. The van der Waals surface area contributed by atoms with Gasteiger partial charge >= 0.3 is 12.1 Å². The number of piperazine rings is 1. The summed E-state index contributed by atoms with van der Waals surface area (Å²) in [4.78, 5) is 29.5. The molecule has 2 aromatic heterocycles. The Balaban J connectivity index is 1.17. The van der Waals surface area contributed by atoms with E-state index in [1.54, 1.807) is 0 Å². The number of morpholine rings is 1. The van der Waals surface area contributed by atoms with Crippen LogP contribution in [0, 0.1) is 0 Å². The molecule has 4 bridgehead atoms. The zero-order valence-corrected chi connectivity index (χ0v) is 24.4. The van der Waals surface area contributed by atoms with E-state index in [1.807, 2.05) is 38.9 Å². The molecule has 0 aromatic carbocycles. The van der Waals surface area contributed by atoms with Crippen LogP contribution < -0.4 is 9.64 Å². The molecule has 0 saturated carbocycles. The molecule has 4 unspecified atom stereocenters. The molecule has 6 rings (SSSR count). The SMILES string of the molecule is Cn1cc(Br)c2nc(OCCCN3C4CCC3COC4)nc(N3CC4CCC(C3)N4C(=O)OC(C)(C)C)c21. The number of aromatic nitrogens is 3. The topological polar surface area (TPSA) is 85.2 Å². The molecule has 38 heavy (non-hydrogen) atoms. The summed E-state index contributed by atoms with van der Waals surface area (Å²) in [5.41, 5.74) is 1.31. The highest BCUT2D eigenvalue weighted by molar-refractivity contribution is 9.10. The summed E-state index contributed by atoms with van der Waals surface area (Å²) in [7, 11) is 2.02. The van der Waals surface area contributed by atoms with E-state index >= 15 is 0 Å². The number of ether oxygens (including phenoxy) is 3. The number of hydrogen-bond donors (Lipinski definition) is 0. The third-order valence-electron chi connectivity index (χ3n) is 8.30. The highest BCUT2D eigenvalue weighted by Gasteiger charge is 2.45. The van der Waals surface area contributed by atoms with Gasteiger partial charge in [0.1, 0.15) is 16.6 Å². The van der Waals surface area contributed by atoms with E-state index in [0.29, 0.717) is 37.8 Å². The molecule has 0 aliphatic carbocycles. The van der Waals surface area contributed by atoms with E-state index in [1.165, 1.54) is 12.8 Å². The molecule has 10 nitrogen and oxygen atoms in total. The third kappa shape index (κ3) is 4.97. The molecule has 4 atom stereocenters. The zero-order valence-electron chi connectivity index (χ0n) is 22.9. The maximum absolute atomic E-state index is 13.0. The molecule has 4 saturated heterocycles. The van der Waals surface area contributed by atoms with Gasteiger partial charge in [-0.15, -0.1) is 0 Å². The Bertz CT molecular complexity index is 1170. The van der Waals surface area contributed by atoms with Crippen molar-refractivity contribution in [1.82, 2.24) is 24.3 Å². The minimum atomic E-state index is -0.505. The van der Waals surface area contributed by atoms with E-state index in [4.69, 9.17) is 24.2 Å². The van der Waals surface area contributed by atoms with E-state index in [2.05, 4.69) is 30.3 Å². The lowest BCUT2D eigenvalue weighted by molar-refractivity contribution is -0.0161. The molecular formula is C27H39BrN6O4. The number of carbonyl (C=O) groups excluding carboxylic acids is 1. The Labute approximate surface area is 232 Å². The van der Waals surface area contributed by atoms with E-state index in [9.17, 15) is 4.79 Å². The number of amides is 1. The lowest BCUT2D eigenvalue weighted by atomic mass is 10.2. The fourth-order valence-corrected chi connectivity index (χ4v) is 7.26. The first-order valence-corrected chi connectivity index (χ1v) is 14.7. The van der Waals surface area contributed by atoms with Crippen molar-refractivity contribution in [2.45, 2.75) is 82.6 Å². The average molecular weight is 592 g/mol. The quantitative estimate of drug-likeness (QED) is 0.467. The van der Waals surface area contributed by atoms with Crippen molar-refractivity contribution < 1.29 is 19.0 Å². The molecule has 208 valence electrons.